The maximum Gasteiger partial charge on any atom is 0.255 e. The summed E-state index contributed by atoms with van der Waals surface area (Å²) in [4.78, 5) is 30.5. The van der Waals surface area contributed by atoms with Crippen LogP contribution < -0.4 is 10.6 Å². The van der Waals surface area contributed by atoms with Crippen molar-refractivity contribution in [1.29, 1.82) is 0 Å². The predicted octanol–water partition coefficient (Wildman–Crippen LogP) is 6.00. The molecule has 6 heteroatoms. The van der Waals surface area contributed by atoms with Crippen LogP contribution in [0.4, 0.5) is 11.5 Å². The van der Waals surface area contributed by atoms with Crippen LogP contribution in [0.1, 0.15) is 23.7 Å². The van der Waals surface area contributed by atoms with Gasteiger partial charge in [0.2, 0.25) is 5.91 Å². The van der Waals surface area contributed by atoms with Crippen molar-refractivity contribution in [2.75, 3.05) is 10.6 Å². The minimum Gasteiger partial charge on any atom is -0.322 e. The third-order valence-electron chi connectivity index (χ3n) is 4.96. The van der Waals surface area contributed by atoms with E-state index in [1.54, 1.807) is 18.3 Å². The molecule has 0 radical (unpaired) electrons. The number of nitrogens with zero attached hydrogens (tertiary/aromatic N) is 1. The van der Waals surface area contributed by atoms with Gasteiger partial charge in [-0.05, 0) is 59.7 Å². The first-order valence-corrected chi connectivity index (χ1v) is 11.3. The number of fused-ring (bicyclic) bond motifs is 1. The zero-order valence-corrected chi connectivity index (χ0v) is 18.4. The molecule has 0 fully saturated rings. The van der Waals surface area contributed by atoms with Gasteiger partial charge in [0, 0.05) is 22.3 Å². The number of nitrogens with one attached hydrogen (secondary N) is 2. The highest BCUT2D eigenvalue weighted by molar-refractivity contribution is 8.00. The number of hydrogen-bond donors (Lipinski definition) is 2. The fraction of sp³-hybridized carbons (Fsp3) is 0.115. The number of hydrogen-bond acceptors (Lipinski definition) is 4. The van der Waals surface area contributed by atoms with Crippen molar-refractivity contribution < 1.29 is 9.59 Å². The van der Waals surface area contributed by atoms with E-state index >= 15 is 0 Å². The lowest BCUT2D eigenvalue weighted by atomic mass is 10.1. The molecule has 1 atom stereocenters. The second-order valence-corrected chi connectivity index (χ2v) is 8.54. The van der Waals surface area contributed by atoms with Gasteiger partial charge in [-0.3, -0.25) is 9.59 Å². The summed E-state index contributed by atoms with van der Waals surface area (Å²) in [5.41, 5.74) is 1.29. The summed E-state index contributed by atoms with van der Waals surface area (Å²) in [6.45, 7) is 1.97. The van der Waals surface area contributed by atoms with Gasteiger partial charge in [-0.15, -0.1) is 11.8 Å². The summed E-state index contributed by atoms with van der Waals surface area (Å²) in [7, 11) is 0. The Morgan fingerprint density at radius 1 is 0.875 bits per heavy atom. The van der Waals surface area contributed by atoms with E-state index in [-0.39, 0.29) is 17.1 Å². The number of aromatic nitrogens is 1. The molecule has 5 nitrogen and oxygen atoms in total. The largest absolute Gasteiger partial charge is 0.322 e. The number of carbonyl (C=O) groups is 2. The minimum absolute atomic E-state index is 0.0956. The number of rotatable bonds is 7. The third-order valence-corrected chi connectivity index (χ3v) is 6.32. The van der Waals surface area contributed by atoms with Gasteiger partial charge in [-0.25, -0.2) is 4.98 Å². The Balaban J connectivity index is 1.43. The van der Waals surface area contributed by atoms with E-state index in [4.69, 9.17) is 0 Å². The topological polar surface area (TPSA) is 71.1 Å². The van der Waals surface area contributed by atoms with Gasteiger partial charge in [0.25, 0.3) is 5.91 Å². The summed E-state index contributed by atoms with van der Waals surface area (Å²) in [6.07, 6.45) is 2.31. The first-order valence-electron chi connectivity index (χ1n) is 10.4. The maximum atomic E-state index is 12.8. The molecule has 0 bridgehead atoms. The van der Waals surface area contributed by atoms with E-state index < -0.39 is 0 Å². The molecule has 4 aromatic rings. The van der Waals surface area contributed by atoms with Gasteiger partial charge in [-0.2, -0.15) is 0 Å². The highest BCUT2D eigenvalue weighted by atomic mass is 32.2. The summed E-state index contributed by atoms with van der Waals surface area (Å²) < 4.78 is 0. The summed E-state index contributed by atoms with van der Waals surface area (Å²) in [6, 6.07) is 26.6. The molecule has 0 saturated heterocycles. The van der Waals surface area contributed by atoms with Crippen molar-refractivity contribution in [1.82, 2.24) is 4.98 Å². The van der Waals surface area contributed by atoms with E-state index in [1.807, 2.05) is 79.7 Å². The van der Waals surface area contributed by atoms with Gasteiger partial charge >= 0.3 is 0 Å². The Morgan fingerprint density at radius 3 is 2.47 bits per heavy atom. The molecule has 0 aliphatic rings. The summed E-state index contributed by atoms with van der Waals surface area (Å²) >= 11 is 1.46. The Labute approximate surface area is 191 Å². The van der Waals surface area contributed by atoms with Gasteiger partial charge < -0.3 is 10.6 Å². The monoisotopic (exact) mass is 441 g/mol. The zero-order chi connectivity index (χ0) is 22.3. The lowest BCUT2D eigenvalue weighted by molar-refractivity contribution is -0.115. The van der Waals surface area contributed by atoms with E-state index in [0.29, 0.717) is 23.5 Å². The van der Waals surface area contributed by atoms with Gasteiger partial charge in [0.15, 0.2) is 0 Å². The van der Waals surface area contributed by atoms with Gasteiger partial charge in [0.05, 0.1) is 5.25 Å². The Morgan fingerprint density at radius 2 is 1.69 bits per heavy atom. The van der Waals surface area contributed by atoms with Crippen LogP contribution in [0, 0.1) is 0 Å². The van der Waals surface area contributed by atoms with E-state index in [0.717, 1.165) is 15.7 Å². The molecule has 1 heterocycles. The number of amides is 2. The van der Waals surface area contributed by atoms with Crippen LogP contribution in [0.25, 0.3) is 10.8 Å². The molecule has 3 aromatic carbocycles. The van der Waals surface area contributed by atoms with Crippen molar-refractivity contribution in [3.8, 4) is 0 Å². The van der Waals surface area contributed by atoms with Crippen LogP contribution in [0.2, 0.25) is 0 Å². The van der Waals surface area contributed by atoms with Crippen molar-refractivity contribution >= 4 is 45.9 Å². The molecule has 2 N–H and O–H groups in total. The molecule has 0 aliphatic heterocycles. The number of thioether (sulfide) groups is 1. The minimum atomic E-state index is -0.275. The molecule has 1 unspecified atom stereocenters. The first kappa shape index (κ1) is 21.6. The summed E-state index contributed by atoms with van der Waals surface area (Å²) in [5.74, 6) is 0.271. The van der Waals surface area contributed by atoms with E-state index in [1.165, 1.54) is 11.8 Å². The van der Waals surface area contributed by atoms with Crippen molar-refractivity contribution in [2.45, 2.75) is 23.5 Å². The van der Waals surface area contributed by atoms with Crippen molar-refractivity contribution in [3.05, 3.63) is 96.7 Å². The fourth-order valence-electron chi connectivity index (χ4n) is 3.31. The zero-order valence-electron chi connectivity index (χ0n) is 17.6. The molecule has 4 rings (SSSR count). The van der Waals surface area contributed by atoms with Gasteiger partial charge in [0.1, 0.15) is 5.82 Å². The normalized spacial score (nSPS) is 11.7. The Kier molecular flexibility index (Phi) is 6.82. The second-order valence-electron chi connectivity index (χ2n) is 7.26. The SMILES string of the molecule is CCC(Sc1cccc(NC(=O)c2ccc3ccccc3c2)c1)C(=O)Nc1ccccn1. The second kappa shape index (κ2) is 10.1. The molecule has 0 spiro atoms. The molecule has 0 aliphatic carbocycles. The molecule has 160 valence electrons. The Bertz CT molecular complexity index is 1240. The van der Waals surface area contributed by atoms with Crippen molar-refractivity contribution in [3.63, 3.8) is 0 Å². The van der Waals surface area contributed by atoms with Gasteiger partial charge in [-0.1, -0.05) is 49.4 Å². The van der Waals surface area contributed by atoms with Crippen LogP contribution in [-0.4, -0.2) is 22.0 Å². The molecule has 0 saturated carbocycles. The highest BCUT2D eigenvalue weighted by Crippen LogP contribution is 2.28. The number of anilines is 2. The summed E-state index contributed by atoms with van der Waals surface area (Å²) in [5, 5.41) is 7.66. The average Bonchev–Trinajstić information content (AvgIpc) is 2.83. The molecular formula is C26H23N3O2S. The van der Waals surface area contributed by atoms with E-state index in [9.17, 15) is 9.59 Å². The quantitative estimate of drug-likeness (QED) is 0.345. The number of carbonyl (C=O) groups excluding carboxylic acids is 2. The highest BCUT2D eigenvalue weighted by Gasteiger charge is 2.19. The maximum absolute atomic E-state index is 12.8. The lowest BCUT2D eigenvalue weighted by Crippen LogP contribution is -2.25. The van der Waals surface area contributed by atoms with Crippen LogP contribution >= 0.6 is 11.8 Å². The number of benzene rings is 3. The molecule has 2 amide bonds. The number of pyridine rings is 1. The fourth-order valence-corrected chi connectivity index (χ4v) is 4.32. The Hall–Kier alpha value is -3.64. The predicted molar refractivity (Wildman–Crippen MR) is 131 cm³/mol. The molecule has 32 heavy (non-hydrogen) atoms. The molecular weight excluding hydrogens is 418 g/mol. The average molecular weight is 442 g/mol. The molecule has 1 aromatic heterocycles. The standard InChI is InChI=1S/C26H23N3O2S/c1-2-23(26(31)29-24-12-5-6-15-27-24)32-22-11-7-10-21(17-22)28-25(30)20-14-13-18-8-3-4-9-19(18)16-20/h3-17,23H,2H2,1H3,(H,28,30)(H,27,29,31). The van der Waals surface area contributed by atoms with Crippen LogP contribution in [0.3, 0.4) is 0 Å². The lowest BCUT2D eigenvalue weighted by Gasteiger charge is -2.15. The third kappa shape index (κ3) is 5.34. The smallest absolute Gasteiger partial charge is 0.255 e. The van der Waals surface area contributed by atoms with Crippen LogP contribution in [-0.2, 0) is 4.79 Å². The van der Waals surface area contributed by atoms with Crippen molar-refractivity contribution in [2.24, 2.45) is 0 Å². The first-order chi connectivity index (χ1) is 15.6. The van der Waals surface area contributed by atoms with Crippen LogP contribution in [0.5, 0.6) is 0 Å². The van der Waals surface area contributed by atoms with Crippen LogP contribution in [0.15, 0.2) is 96.0 Å². The van der Waals surface area contributed by atoms with E-state index in [2.05, 4.69) is 15.6 Å².